The molecule has 1 atom stereocenters. The van der Waals surface area contributed by atoms with Gasteiger partial charge in [0.2, 0.25) is 5.91 Å². The SMILES string of the molecule is COc1ccc(S(=O)(=O)CCC(=O)NC(C(=O)O)C(C)C)cc1F. The summed E-state index contributed by atoms with van der Waals surface area (Å²) in [7, 11) is -2.63. The quantitative estimate of drug-likeness (QED) is 0.720. The summed E-state index contributed by atoms with van der Waals surface area (Å²) in [5, 5.41) is 11.3. The highest BCUT2D eigenvalue weighted by Crippen LogP contribution is 2.21. The van der Waals surface area contributed by atoms with E-state index >= 15 is 0 Å². The van der Waals surface area contributed by atoms with E-state index in [2.05, 4.69) is 5.32 Å². The van der Waals surface area contributed by atoms with Crippen molar-refractivity contribution in [3.05, 3.63) is 24.0 Å². The van der Waals surface area contributed by atoms with Gasteiger partial charge in [-0.05, 0) is 24.1 Å². The number of benzene rings is 1. The lowest BCUT2D eigenvalue weighted by Gasteiger charge is -2.17. The highest BCUT2D eigenvalue weighted by atomic mass is 32.2. The highest BCUT2D eigenvalue weighted by Gasteiger charge is 2.25. The van der Waals surface area contributed by atoms with Crippen molar-refractivity contribution in [2.45, 2.75) is 31.2 Å². The maximum Gasteiger partial charge on any atom is 0.326 e. The number of methoxy groups -OCH3 is 1. The molecule has 1 aromatic rings. The molecular weight excluding hydrogens is 341 g/mol. The zero-order chi connectivity index (χ0) is 18.5. The summed E-state index contributed by atoms with van der Waals surface area (Å²) in [5.41, 5.74) is 0. The van der Waals surface area contributed by atoms with Gasteiger partial charge in [-0.3, -0.25) is 4.79 Å². The van der Waals surface area contributed by atoms with Gasteiger partial charge in [-0.2, -0.15) is 0 Å². The number of ether oxygens (including phenoxy) is 1. The number of hydrogen-bond acceptors (Lipinski definition) is 5. The van der Waals surface area contributed by atoms with Crippen LogP contribution in [0.15, 0.2) is 23.1 Å². The molecule has 0 aliphatic carbocycles. The zero-order valence-corrected chi connectivity index (χ0v) is 14.4. The van der Waals surface area contributed by atoms with Crippen LogP contribution in [0.1, 0.15) is 20.3 Å². The molecule has 0 spiro atoms. The fourth-order valence-corrected chi connectivity index (χ4v) is 3.19. The van der Waals surface area contributed by atoms with Crippen LogP contribution in [0.3, 0.4) is 0 Å². The largest absolute Gasteiger partial charge is 0.494 e. The van der Waals surface area contributed by atoms with E-state index in [-0.39, 0.29) is 16.6 Å². The maximum atomic E-state index is 13.6. The fourth-order valence-electron chi connectivity index (χ4n) is 1.94. The number of nitrogens with one attached hydrogen (secondary N) is 1. The lowest BCUT2D eigenvalue weighted by molar-refractivity contribution is -0.143. The second-order valence-corrected chi connectivity index (χ2v) is 7.60. The Kier molecular flexibility index (Phi) is 6.70. The van der Waals surface area contributed by atoms with Gasteiger partial charge >= 0.3 is 5.97 Å². The molecule has 0 bridgehead atoms. The standard InChI is InChI=1S/C15H20FNO6S/c1-9(2)14(15(19)20)17-13(18)6-7-24(21,22)10-4-5-12(23-3)11(16)8-10/h4-5,8-9,14H,6-7H2,1-3H3,(H,17,18)(H,19,20). The first-order valence-corrected chi connectivity index (χ1v) is 8.82. The predicted octanol–water partition coefficient (Wildman–Crippen LogP) is 1.22. The first-order chi connectivity index (χ1) is 11.1. The molecule has 1 aromatic carbocycles. The van der Waals surface area contributed by atoms with Crippen LogP contribution < -0.4 is 10.1 Å². The summed E-state index contributed by atoms with van der Waals surface area (Å²) in [6.45, 7) is 3.24. The molecule has 2 N–H and O–H groups in total. The number of aliphatic carboxylic acids is 1. The van der Waals surface area contributed by atoms with Gasteiger partial charge in [0, 0.05) is 6.42 Å². The third kappa shape index (κ3) is 5.19. The first-order valence-electron chi connectivity index (χ1n) is 7.17. The molecule has 9 heteroatoms. The molecule has 0 aromatic heterocycles. The van der Waals surface area contributed by atoms with Gasteiger partial charge in [-0.1, -0.05) is 13.8 Å². The minimum absolute atomic E-state index is 0.0899. The summed E-state index contributed by atoms with van der Waals surface area (Å²) in [6.07, 6.45) is -0.424. The molecule has 1 amide bonds. The van der Waals surface area contributed by atoms with Crippen molar-refractivity contribution < 1.29 is 32.2 Å². The van der Waals surface area contributed by atoms with Crippen LogP contribution in [-0.4, -0.2) is 44.3 Å². The smallest absolute Gasteiger partial charge is 0.326 e. The second kappa shape index (κ2) is 8.09. The number of sulfone groups is 1. The van der Waals surface area contributed by atoms with E-state index in [0.717, 1.165) is 6.07 Å². The summed E-state index contributed by atoms with van der Waals surface area (Å²) in [6, 6.07) is 2.09. The molecule has 0 saturated carbocycles. The summed E-state index contributed by atoms with van der Waals surface area (Å²) in [4.78, 5) is 22.5. The van der Waals surface area contributed by atoms with E-state index in [1.807, 2.05) is 0 Å². The van der Waals surface area contributed by atoms with E-state index in [9.17, 15) is 22.4 Å². The number of halogens is 1. The van der Waals surface area contributed by atoms with E-state index < -0.39 is 45.7 Å². The number of carboxylic acid groups (broad SMARTS) is 1. The Morgan fingerprint density at radius 2 is 1.96 bits per heavy atom. The molecule has 0 heterocycles. The van der Waals surface area contributed by atoms with Crippen molar-refractivity contribution >= 4 is 21.7 Å². The van der Waals surface area contributed by atoms with Gasteiger partial charge in [-0.15, -0.1) is 0 Å². The summed E-state index contributed by atoms with van der Waals surface area (Å²) >= 11 is 0. The van der Waals surface area contributed by atoms with Crippen molar-refractivity contribution in [2.75, 3.05) is 12.9 Å². The van der Waals surface area contributed by atoms with Gasteiger partial charge < -0.3 is 15.2 Å². The van der Waals surface area contributed by atoms with Crippen molar-refractivity contribution in [2.24, 2.45) is 5.92 Å². The Balaban J connectivity index is 2.76. The van der Waals surface area contributed by atoms with Gasteiger partial charge in [0.05, 0.1) is 17.8 Å². The van der Waals surface area contributed by atoms with Gasteiger partial charge in [0.15, 0.2) is 21.4 Å². The third-order valence-corrected chi connectivity index (χ3v) is 5.04. The minimum atomic E-state index is -3.88. The van der Waals surface area contributed by atoms with E-state index in [1.54, 1.807) is 13.8 Å². The van der Waals surface area contributed by atoms with Crippen LogP contribution in [-0.2, 0) is 19.4 Å². The molecule has 0 fully saturated rings. The molecule has 0 radical (unpaired) electrons. The van der Waals surface area contributed by atoms with Crippen molar-refractivity contribution in [1.82, 2.24) is 5.32 Å². The lowest BCUT2D eigenvalue weighted by atomic mass is 10.0. The Morgan fingerprint density at radius 1 is 1.33 bits per heavy atom. The molecule has 24 heavy (non-hydrogen) atoms. The summed E-state index contributed by atoms with van der Waals surface area (Å²) < 4.78 is 42.6. The third-order valence-electron chi connectivity index (χ3n) is 3.33. The van der Waals surface area contributed by atoms with Gasteiger partial charge in [-0.25, -0.2) is 17.6 Å². The van der Waals surface area contributed by atoms with Crippen LogP contribution in [0.4, 0.5) is 4.39 Å². The topological polar surface area (TPSA) is 110 Å². The normalized spacial score (nSPS) is 12.7. The Bertz CT molecular complexity index is 717. The highest BCUT2D eigenvalue weighted by molar-refractivity contribution is 7.91. The van der Waals surface area contributed by atoms with Crippen LogP contribution >= 0.6 is 0 Å². The molecular formula is C15H20FNO6S. The molecule has 1 unspecified atom stereocenters. The average Bonchev–Trinajstić information content (AvgIpc) is 2.50. The fraction of sp³-hybridized carbons (Fsp3) is 0.467. The van der Waals surface area contributed by atoms with Crippen LogP contribution in [0, 0.1) is 11.7 Å². The summed E-state index contributed by atoms with van der Waals surface area (Å²) in [5.74, 6) is -3.72. The van der Waals surface area contributed by atoms with E-state index in [0.29, 0.717) is 0 Å². The van der Waals surface area contributed by atoms with E-state index in [1.165, 1.54) is 19.2 Å². The molecule has 1 rings (SSSR count). The van der Waals surface area contributed by atoms with Crippen LogP contribution in [0.2, 0.25) is 0 Å². The number of rotatable bonds is 8. The number of amides is 1. The number of hydrogen-bond donors (Lipinski definition) is 2. The predicted molar refractivity (Wildman–Crippen MR) is 84.0 cm³/mol. The van der Waals surface area contributed by atoms with E-state index in [4.69, 9.17) is 9.84 Å². The van der Waals surface area contributed by atoms with Gasteiger partial charge in [0.25, 0.3) is 0 Å². The zero-order valence-electron chi connectivity index (χ0n) is 13.6. The molecule has 7 nitrogen and oxygen atoms in total. The minimum Gasteiger partial charge on any atom is -0.494 e. The molecule has 0 aliphatic heterocycles. The Hall–Kier alpha value is -2.16. The molecule has 0 aliphatic rings. The number of carboxylic acids is 1. The van der Waals surface area contributed by atoms with Gasteiger partial charge in [0.1, 0.15) is 6.04 Å². The Labute approximate surface area is 139 Å². The number of carbonyl (C=O) groups is 2. The monoisotopic (exact) mass is 361 g/mol. The first kappa shape index (κ1) is 19.9. The van der Waals surface area contributed by atoms with Crippen LogP contribution in [0.25, 0.3) is 0 Å². The van der Waals surface area contributed by atoms with Crippen molar-refractivity contribution in [3.8, 4) is 5.75 Å². The van der Waals surface area contributed by atoms with Crippen LogP contribution in [0.5, 0.6) is 5.75 Å². The molecule has 0 saturated heterocycles. The Morgan fingerprint density at radius 3 is 2.42 bits per heavy atom. The number of carbonyl (C=O) groups excluding carboxylic acids is 1. The average molecular weight is 361 g/mol. The second-order valence-electron chi connectivity index (χ2n) is 5.49. The van der Waals surface area contributed by atoms with Crippen molar-refractivity contribution in [1.29, 1.82) is 0 Å². The maximum absolute atomic E-state index is 13.6. The lowest BCUT2D eigenvalue weighted by Crippen LogP contribution is -2.44. The van der Waals surface area contributed by atoms with Crippen molar-refractivity contribution in [3.63, 3.8) is 0 Å². The molecule has 134 valence electrons.